The SMILES string of the molecule is O=C(NCc1ccc(F)cc1)N1CCC(Sc2ccc(CCNC[C@H](O)COc3ccc(O)cc3)cc2)CC1. The second kappa shape index (κ2) is 14.8. The van der Waals surface area contributed by atoms with Crippen LogP contribution in [-0.4, -0.2) is 65.3 Å². The molecule has 0 aliphatic carbocycles. The lowest BCUT2D eigenvalue weighted by Crippen LogP contribution is -2.44. The van der Waals surface area contributed by atoms with Crippen molar-refractivity contribution in [3.05, 3.63) is 89.7 Å². The molecule has 9 heteroatoms. The number of phenols is 1. The van der Waals surface area contributed by atoms with Crippen molar-refractivity contribution >= 4 is 17.8 Å². The number of rotatable bonds is 12. The number of nitrogens with one attached hydrogen (secondary N) is 2. The highest BCUT2D eigenvalue weighted by Gasteiger charge is 2.23. The molecule has 4 N–H and O–H groups in total. The van der Waals surface area contributed by atoms with Gasteiger partial charge in [-0.05, 0) is 85.5 Å². The van der Waals surface area contributed by atoms with Crippen molar-refractivity contribution < 1.29 is 24.1 Å². The predicted octanol–water partition coefficient (Wildman–Crippen LogP) is 4.57. The van der Waals surface area contributed by atoms with Crippen molar-refractivity contribution in [3.8, 4) is 11.5 Å². The number of aliphatic hydroxyl groups excluding tert-OH is 1. The summed E-state index contributed by atoms with van der Waals surface area (Å²) < 4.78 is 18.6. The Labute approximate surface area is 233 Å². The first-order valence-corrected chi connectivity index (χ1v) is 14.2. The molecule has 2 amide bonds. The molecule has 1 atom stereocenters. The molecule has 0 aromatic heterocycles. The number of halogens is 1. The van der Waals surface area contributed by atoms with E-state index in [1.54, 1.807) is 36.4 Å². The molecule has 3 aromatic carbocycles. The van der Waals surface area contributed by atoms with Gasteiger partial charge in [-0.15, -0.1) is 11.8 Å². The van der Waals surface area contributed by atoms with Gasteiger partial charge >= 0.3 is 6.03 Å². The molecular weight excluding hydrogens is 517 g/mol. The second-order valence-corrected chi connectivity index (χ2v) is 11.0. The second-order valence-electron chi connectivity index (χ2n) is 9.65. The van der Waals surface area contributed by atoms with E-state index in [9.17, 15) is 19.4 Å². The van der Waals surface area contributed by atoms with Crippen LogP contribution < -0.4 is 15.4 Å². The summed E-state index contributed by atoms with van der Waals surface area (Å²) in [5.41, 5.74) is 2.11. The van der Waals surface area contributed by atoms with Gasteiger partial charge in [0, 0.05) is 36.3 Å². The quantitative estimate of drug-likeness (QED) is 0.246. The molecule has 1 saturated heterocycles. The largest absolute Gasteiger partial charge is 0.508 e. The van der Waals surface area contributed by atoms with E-state index in [4.69, 9.17) is 4.74 Å². The number of thioether (sulfide) groups is 1. The summed E-state index contributed by atoms with van der Waals surface area (Å²) in [6.45, 7) is 3.22. The van der Waals surface area contributed by atoms with Gasteiger partial charge in [0.05, 0.1) is 0 Å². The number of aromatic hydroxyl groups is 1. The van der Waals surface area contributed by atoms with Crippen LogP contribution in [0, 0.1) is 5.82 Å². The Morgan fingerprint density at radius 1 is 1.00 bits per heavy atom. The molecular formula is C30H36FN3O4S. The number of hydrogen-bond donors (Lipinski definition) is 4. The van der Waals surface area contributed by atoms with E-state index in [-0.39, 0.29) is 24.2 Å². The summed E-state index contributed by atoms with van der Waals surface area (Å²) in [4.78, 5) is 15.6. The fraction of sp³-hybridized carbons (Fsp3) is 0.367. The molecule has 3 aromatic rings. The number of carbonyl (C=O) groups is 1. The summed E-state index contributed by atoms with van der Waals surface area (Å²) >= 11 is 1.86. The normalized spacial score (nSPS) is 14.7. The number of urea groups is 1. The standard InChI is InChI=1S/C30H36FN3O4S/c31-24-5-1-23(2-6-24)19-33-30(37)34-17-14-29(15-18-34)39-28-11-3-22(4-12-28)13-16-32-20-26(36)21-38-27-9-7-25(35)8-10-27/h1-12,26,29,32,35-36H,13-21H2,(H,33,37)/t26-/m0/s1. The maximum absolute atomic E-state index is 13.0. The topological polar surface area (TPSA) is 94.1 Å². The van der Waals surface area contributed by atoms with Crippen molar-refractivity contribution in [2.24, 2.45) is 0 Å². The van der Waals surface area contributed by atoms with E-state index >= 15 is 0 Å². The summed E-state index contributed by atoms with van der Waals surface area (Å²) in [5, 5.41) is 26.1. The Morgan fingerprint density at radius 3 is 2.36 bits per heavy atom. The minimum absolute atomic E-state index is 0.0712. The Morgan fingerprint density at radius 2 is 1.67 bits per heavy atom. The maximum atomic E-state index is 13.0. The molecule has 4 rings (SSSR count). The van der Waals surface area contributed by atoms with Gasteiger partial charge in [0.1, 0.15) is 30.0 Å². The van der Waals surface area contributed by atoms with E-state index in [1.807, 2.05) is 16.7 Å². The molecule has 0 saturated carbocycles. The summed E-state index contributed by atoms with van der Waals surface area (Å²) in [6.07, 6.45) is 2.13. The zero-order chi connectivity index (χ0) is 27.5. The Balaban J connectivity index is 1.08. The minimum atomic E-state index is -0.620. The molecule has 1 aliphatic rings. The fourth-order valence-electron chi connectivity index (χ4n) is 4.29. The lowest BCUT2D eigenvalue weighted by atomic mass is 10.1. The van der Waals surface area contributed by atoms with E-state index < -0.39 is 6.10 Å². The van der Waals surface area contributed by atoms with Gasteiger partial charge in [-0.2, -0.15) is 0 Å². The highest BCUT2D eigenvalue weighted by Crippen LogP contribution is 2.30. The molecule has 0 unspecified atom stereocenters. The first-order chi connectivity index (χ1) is 18.9. The van der Waals surface area contributed by atoms with Gasteiger partial charge in [-0.3, -0.25) is 0 Å². The minimum Gasteiger partial charge on any atom is -0.508 e. The van der Waals surface area contributed by atoms with E-state index in [2.05, 4.69) is 34.9 Å². The number of nitrogens with zero attached hydrogens (tertiary/aromatic N) is 1. The molecule has 1 heterocycles. The maximum Gasteiger partial charge on any atom is 0.317 e. The lowest BCUT2D eigenvalue weighted by Gasteiger charge is -2.31. The third kappa shape index (κ3) is 9.76. The van der Waals surface area contributed by atoms with E-state index in [0.29, 0.717) is 24.1 Å². The number of piperidine rings is 1. The van der Waals surface area contributed by atoms with Crippen LogP contribution in [0.5, 0.6) is 11.5 Å². The molecule has 1 aliphatic heterocycles. The fourth-order valence-corrected chi connectivity index (χ4v) is 5.42. The van der Waals surface area contributed by atoms with Gasteiger partial charge in [-0.25, -0.2) is 9.18 Å². The highest BCUT2D eigenvalue weighted by molar-refractivity contribution is 8.00. The molecule has 7 nitrogen and oxygen atoms in total. The van der Waals surface area contributed by atoms with Gasteiger partial charge < -0.3 is 30.5 Å². The Kier molecular flexibility index (Phi) is 10.9. The third-order valence-electron chi connectivity index (χ3n) is 6.56. The number of aliphatic hydroxyl groups is 1. The van der Waals surface area contributed by atoms with Gasteiger partial charge in [0.25, 0.3) is 0 Å². The van der Waals surface area contributed by atoms with Crippen LogP contribution in [0.25, 0.3) is 0 Å². The summed E-state index contributed by atoms with van der Waals surface area (Å²) in [7, 11) is 0. The van der Waals surface area contributed by atoms with E-state index in [1.165, 1.54) is 22.6 Å². The van der Waals surface area contributed by atoms with Crippen LogP contribution in [0.1, 0.15) is 24.0 Å². The van der Waals surface area contributed by atoms with Crippen LogP contribution in [0.3, 0.4) is 0 Å². The van der Waals surface area contributed by atoms with Crippen molar-refractivity contribution in [2.45, 2.75) is 42.1 Å². The molecule has 0 bridgehead atoms. The number of benzene rings is 3. The van der Waals surface area contributed by atoms with Crippen molar-refractivity contribution in [2.75, 3.05) is 32.8 Å². The predicted molar refractivity (Wildman–Crippen MR) is 152 cm³/mol. The third-order valence-corrected chi connectivity index (χ3v) is 7.91. The zero-order valence-electron chi connectivity index (χ0n) is 21.9. The van der Waals surface area contributed by atoms with Crippen LogP contribution in [0.2, 0.25) is 0 Å². The lowest BCUT2D eigenvalue weighted by molar-refractivity contribution is 0.106. The van der Waals surface area contributed by atoms with Crippen molar-refractivity contribution in [1.29, 1.82) is 0 Å². The number of carbonyl (C=O) groups excluding carboxylic acids is 1. The molecule has 1 fully saturated rings. The molecule has 0 spiro atoms. The van der Waals surface area contributed by atoms with Crippen LogP contribution in [0.4, 0.5) is 9.18 Å². The molecule has 39 heavy (non-hydrogen) atoms. The highest BCUT2D eigenvalue weighted by atomic mass is 32.2. The number of amides is 2. The number of ether oxygens (including phenoxy) is 1. The zero-order valence-corrected chi connectivity index (χ0v) is 22.7. The number of likely N-dealkylation sites (tertiary alicyclic amines) is 1. The monoisotopic (exact) mass is 553 g/mol. The first-order valence-electron chi connectivity index (χ1n) is 13.3. The average Bonchev–Trinajstić information content (AvgIpc) is 2.96. The van der Waals surface area contributed by atoms with Gasteiger partial charge in [0.15, 0.2) is 0 Å². The molecule has 208 valence electrons. The number of phenolic OH excluding ortho intramolecular Hbond substituents is 1. The van der Waals surface area contributed by atoms with Crippen LogP contribution in [0.15, 0.2) is 77.7 Å². The molecule has 0 radical (unpaired) electrons. The summed E-state index contributed by atoms with van der Waals surface area (Å²) in [6, 6.07) is 21.1. The number of hydrogen-bond acceptors (Lipinski definition) is 6. The first kappa shape index (κ1) is 28.7. The Hall–Kier alpha value is -3.27. The van der Waals surface area contributed by atoms with Crippen LogP contribution >= 0.6 is 11.8 Å². The van der Waals surface area contributed by atoms with Crippen molar-refractivity contribution in [3.63, 3.8) is 0 Å². The van der Waals surface area contributed by atoms with Crippen molar-refractivity contribution in [1.82, 2.24) is 15.5 Å². The van der Waals surface area contributed by atoms with Gasteiger partial charge in [0.2, 0.25) is 0 Å². The van der Waals surface area contributed by atoms with Crippen LogP contribution in [-0.2, 0) is 13.0 Å². The smallest absolute Gasteiger partial charge is 0.317 e. The Bertz CT molecular complexity index is 1150. The van der Waals surface area contributed by atoms with Gasteiger partial charge in [-0.1, -0.05) is 24.3 Å². The average molecular weight is 554 g/mol. The van der Waals surface area contributed by atoms with E-state index in [0.717, 1.165) is 44.5 Å². The summed E-state index contributed by atoms with van der Waals surface area (Å²) in [5.74, 6) is 0.511.